The molecule has 1 aliphatic carbocycles. The van der Waals surface area contributed by atoms with Crippen LogP contribution in [0.25, 0.3) is 16.9 Å². The van der Waals surface area contributed by atoms with E-state index in [4.69, 9.17) is 0 Å². The molecule has 7 heteroatoms. The van der Waals surface area contributed by atoms with Gasteiger partial charge < -0.3 is 0 Å². The molecule has 4 rings (SSSR count). The number of aromatic nitrogens is 4. The van der Waals surface area contributed by atoms with Crippen LogP contribution in [0.1, 0.15) is 30.1 Å². The molecule has 0 aliphatic heterocycles. The first-order chi connectivity index (χ1) is 11.4. The summed E-state index contributed by atoms with van der Waals surface area (Å²) in [5, 5.41) is 4.19. The van der Waals surface area contributed by atoms with Crippen molar-refractivity contribution in [2.24, 2.45) is 5.92 Å². The topological polar surface area (TPSA) is 43.1 Å². The van der Waals surface area contributed by atoms with Gasteiger partial charge in [0, 0.05) is 29.7 Å². The number of pyridine rings is 1. The highest BCUT2D eigenvalue weighted by Crippen LogP contribution is 2.50. The van der Waals surface area contributed by atoms with Gasteiger partial charge in [-0.3, -0.25) is 4.98 Å². The molecule has 0 aromatic carbocycles. The Morgan fingerprint density at radius 3 is 2.67 bits per heavy atom. The summed E-state index contributed by atoms with van der Waals surface area (Å²) < 4.78 is 41.7. The zero-order valence-corrected chi connectivity index (χ0v) is 13.0. The highest BCUT2D eigenvalue weighted by molar-refractivity contribution is 5.61. The van der Waals surface area contributed by atoms with Crippen LogP contribution in [0.3, 0.4) is 0 Å². The van der Waals surface area contributed by atoms with E-state index in [1.54, 1.807) is 24.5 Å². The molecule has 1 unspecified atom stereocenters. The molecule has 1 saturated carbocycles. The zero-order chi connectivity index (χ0) is 16.9. The van der Waals surface area contributed by atoms with Gasteiger partial charge in [0.2, 0.25) is 0 Å². The molecule has 3 heterocycles. The van der Waals surface area contributed by atoms with Crippen molar-refractivity contribution in [3.8, 4) is 11.3 Å². The van der Waals surface area contributed by atoms with E-state index >= 15 is 0 Å². The fourth-order valence-corrected chi connectivity index (χ4v) is 3.06. The van der Waals surface area contributed by atoms with Crippen molar-refractivity contribution in [1.29, 1.82) is 0 Å². The third kappa shape index (κ3) is 2.64. The van der Waals surface area contributed by atoms with E-state index in [0.29, 0.717) is 24.2 Å². The van der Waals surface area contributed by atoms with E-state index in [1.165, 1.54) is 10.6 Å². The van der Waals surface area contributed by atoms with Gasteiger partial charge in [-0.15, -0.1) is 0 Å². The summed E-state index contributed by atoms with van der Waals surface area (Å²) in [7, 11) is 0. The molecule has 0 spiro atoms. The first-order valence-electron chi connectivity index (χ1n) is 7.78. The monoisotopic (exact) mass is 332 g/mol. The van der Waals surface area contributed by atoms with E-state index in [-0.39, 0.29) is 11.6 Å². The largest absolute Gasteiger partial charge is 0.397 e. The second-order valence-electron chi connectivity index (χ2n) is 6.22. The lowest BCUT2D eigenvalue weighted by atomic mass is 9.99. The van der Waals surface area contributed by atoms with Gasteiger partial charge in [0.1, 0.15) is 5.92 Å². The van der Waals surface area contributed by atoms with E-state index in [9.17, 15) is 13.2 Å². The van der Waals surface area contributed by atoms with Crippen LogP contribution < -0.4 is 0 Å². The fourth-order valence-electron chi connectivity index (χ4n) is 3.06. The zero-order valence-electron chi connectivity index (χ0n) is 13.0. The number of rotatable bonds is 3. The van der Waals surface area contributed by atoms with E-state index in [0.717, 1.165) is 11.3 Å². The van der Waals surface area contributed by atoms with Gasteiger partial charge in [0.25, 0.3) is 0 Å². The molecule has 0 N–H and O–H groups in total. The molecule has 1 aliphatic rings. The molecule has 24 heavy (non-hydrogen) atoms. The minimum atomic E-state index is -4.28. The molecular weight excluding hydrogens is 317 g/mol. The quantitative estimate of drug-likeness (QED) is 0.723. The fraction of sp³-hybridized carbons (Fsp3) is 0.353. The SMILES string of the molecule is Cc1cc(-c2cccnc2)nc2cc(C(C3CC3)C(F)(F)F)nn12. The molecule has 0 bridgehead atoms. The van der Waals surface area contributed by atoms with Crippen LogP contribution >= 0.6 is 0 Å². The number of halogens is 3. The average molecular weight is 332 g/mol. The number of hydrogen-bond acceptors (Lipinski definition) is 3. The van der Waals surface area contributed by atoms with Crippen LogP contribution in [0, 0.1) is 12.8 Å². The van der Waals surface area contributed by atoms with Crippen LogP contribution in [0.4, 0.5) is 13.2 Å². The minimum Gasteiger partial charge on any atom is -0.264 e. The number of fused-ring (bicyclic) bond motifs is 1. The highest BCUT2D eigenvalue weighted by Gasteiger charge is 2.51. The Kier molecular flexibility index (Phi) is 3.33. The summed E-state index contributed by atoms with van der Waals surface area (Å²) in [6, 6.07) is 6.93. The highest BCUT2D eigenvalue weighted by atomic mass is 19.4. The maximum atomic E-state index is 13.4. The molecule has 0 radical (unpaired) electrons. The molecule has 3 aromatic heterocycles. The first kappa shape index (κ1) is 15.1. The van der Waals surface area contributed by atoms with Crippen molar-refractivity contribution < 1.29 is 13.2 Å². The molecule has 0 saturated heterocycles. The summed E-state index contributed by atoms with van der Waals surface area (Å²) >= 11 is 0. The molecule has 4 nitrogen and oxygen atoms in total. The first-order valence-corrected chi connectivity index (χ1v) is 7.78. The Hall–Kier alpha value is -2.44. The number of aryl methyl sites for hydroxylation is 1. The minimum absolute atomic E-state index is 0.0592. The van der Waals surface area contributed by atoms with Gasteiger partial charge in [-0.1, -0.05) is 0 Å². The van der Waals surface area contributed by atoms with Crippen molar-refractivity contribution in [2.75, 3.05) is 0 Å². The van der Waals surface area contributed by atoms with Gasteiger partial charge in [-0.25, -0.2) is 9.50 Å². The van der Waals surface area contributed by atoms with Crippen molar-refractivity contribution >= 4 is 5.65 Å². The van der Waals surface area contributed by atoms with Crippen molar-refractivity contribution in [3.05, 3.63) is 48.0 Å². The molecular formula is C17H15F3N4. The van der Waals surface area contributed by atoms with E-state index in [2.05, 4.69) is 15.1 Å². The van der Waals surface area contributed by atoms with Crippen molar-refractivity contribution in [2.45, 2.75) is 31.9 Å². The van der Waals surface area contributed by atoms with E-state index in [1.807, 2.05) is 13.0 Å². The smallest absolute Gasteiger partial charge is 0.264 e. The average Bonchev–Trinajstić information content (AvgIpc) is 3.25. The van der Waals surface area contributed by atoms with Gasteiger partial charge >= 0.3 is 6.18 Å². The Morgan fingerprint density at radius 2 is 2.04 bits per heavy atom. The second-order valence-corrected chi connectivity index (χ2v) is 6.22. The third-order valence-electron chi connectivity index (χ3n) is 4.35. The van der Waals surface area contributed by atoms with Crippen LogP contribution in [-0.2, 0) is 0 Å². The lowest BCUT2D eigenvalue weighted by Gasteiger charge is -2.17. The Bertz CT molecular complexity index is 882. The third-order valence-corrected chi connectivity index (χ3v) is 4.35. The number of alkyl halides is 3. The van der Waals surface area contributed by atoms with Crippen LogP contribution in [0.2, 0.25) is 0 Å². The predicted molar refractivity (Wildman–Crippen MR) is 82.5 cm³/mol. The van der Waals surface area contributed by atoms with Gasteiger partial charge in [-0.2, -0.15) is 18.3 Å². The maximum Gasteiger partial charge on any atom is 0.397 e. The summed E-state index contributed by atoms with van der Waals surface area (Å²) in [6.07, 6.45) is 0.267. The normalized spacial score (nSPS) is 16.5. The molecule has 1 atom stereocenters. The number of nitrogens with zero attached hydrogens (tertiary/aromatic N) is 4. The second kappa shape index (κ2) is 5.29. The Labute approximate surface area is 136 Å². The molecule has 0 amide bonds. The van der Waals surface area contributed by atoms with Crippen LogP contribution in [-0.4, -0.2) is 25.8 Å². The van der Waals surface area contributed by atoms with Gasteiger partial charge in [0.05, 0.1) is 11.4 Å². The van der Waals surface area contributed by atoms with Crippen LogP contribution in [0.5, 0.6) is 0 Å². The van der Waals surface area contributed by atoms with Crippen LogP contribution in [0.15, 0.2) is 36.7 Å². The van der Waals surface area contributed by atoms with Crippen molar-refractivity contribution in [3.63, 3.8) is 0 Å². The lowest BCUT2D eigenvalue weighted by Crippen LogP contribution is -2.23. The van der Waals surface area contributed by atoms with Gasteiger partial charge in [0.15, 0.2) is 5.65 Å². The van der Waals surface area contributed by atoms with E-state index < -0.39 is 12.1 Å². The molecule has 124 valence electrons. The Morgan fingerprint density at radius 1 is 1.25 bits per heavy atom. The lowest BCUT2D eigenvalue weighted by molar-refractivity contribution is -0.156. The molecule has 3 aromatic rings. The van der Waals surface area contributed by atoms with Crippen molar-refractivity contribution in [1.82, 2.24) is 19.6 Å². The number of hydrogen-bond donors (Lipinski definition) is 0. The summed E-state index contributed by atoms with van der Waals surface area (Å²) in [6.45, 7) is 1.81. The summed E-state index contributed by atoms with van der Waals surface area (Å²) in [4.78, 5) is 8.52. The summed E-state index contributed by atoms with van der Waals surface area (Å²) in [5.74, 6) is -1.85. The predicted octanol–water partition coefficient (Wildman–Crippen LogP) is 4.16. The van der Waals surface area contributed by atoms with Gasteiger partial charge in [-0.05, 0) is 43.9 Å². The maximum absolute atomic E-state index is 13.4. The molecule has 1 fully saturated rings. The summed E-state index contributed by atoms with van der Waals surface area (Å²) in [5.41, 5.74) is 2.72. The standard InChI is InChI=1S/C17H15F3N4/c1-10-7-13(12-3-2-6-21-9-12)22-15-8-14(23-24(10)15)16(11-4-5-11)17(18,19)20/h2-3,6-9,11,16H,4-5H2,1H3. The Balaban J connectivity index is 1.82.